The largest absolute Gasteiger partial charge is 0.494 e. The molecule has 0 aliphatic heterocycles. The van der Waals surface area contributed by atoms with E-state index >= 15 is 0 Å². The molecule has 29 heavy (non-hydrogen) atoms. The minimum Gasteiger partial charge on any atom is -0.494 e. The lowest BCUT2D eigenvalue weighted by Crippen LogP contribution is -2.17. The van der Waals surface area contributed by atoms with Gasteiger partial charge >= 0.3 is 12.1 Å². The highest BCUT2D eigenvalue weighted by atomic mass is 32.1. The molecule has 2 heterocycles. The summed E-state index contributed by atoms with van der Waals surface area (Å²) in [5, 5.41) is 14.3. The Morgan fingerprint density at radius 2 is 2.17 bits per heavy atom. The van der Waals surface area contributed by atoms with Gasteiger partial charge in [-0.15, -0.1) is 11.3 Å². The van der Waals surface area contributed by atoms with Crippen LogP contribution in [0.2, 0.25) is 0 Å². The molecule has 0 saturated heterocycles. The lowest BCUT2D eigenvalue weighted by molar-refractivity contribution is -0.143. The van der Waals surface area contributed by atoms with Gasteiger partial charge in [0.15, 0.2) is 5.69 Å². The number of carbonyl (C=O) groups is 1. The second-order valence-corrected chi connectivity index (χ2v) is 8.07. The second kappa shape index (κ2) is 7.33. The molecule has 10 heteroatoms. The van der Waals surface area contributed by atoms with E-state index in [4.69, 9.17) is 9.84 Å². The molecule has 2 aromatic rings. The number of alkyl halides is 3. The zero-order valence-corrected chi connectivity index (χ0v) is 16.3. The van der Waals surface area contributed by atoms with Gasteiger partial charge in [0.1, 0.15) is 11.3 Å². The fourth-order valence-corrected chi connectivity index (χ4v) is 3.91. The minimum atomic E-state index is -4.87. The molecule has 0 spiro atoms. The van der Waals surface area contributed by atoms with Crippen molar-refractivity contribution in [3.8, 4) is 5.13 Å². The lowest BCUT2D eigenvalue weighted by atomic mass is 9.91. The number of ether oxygens (including phenoxy) is 1. The maximum Gasteiger partial charge on any atom is 0.434 e. The SMILES string of the molecule is CC1CC=C(OCC2CC2)C=C1c1csc(-n2ncc(C(=O)O)c2C(F)(F)F)n1. The van der Waals surface area contributed by atoms with Crippen molar-refractivity contribution in [2.45, 2.75) is 32.4 Å². The number of halogens is 3. The van der Waals surface area contributed by atoms with Crippen LogP contribution in [0.4, 0.5) is 13.2 Å². The molecule has 4 rings (SSSR count). The number of hydrogen-bond acceptors (Lipinski definition) is 5. The molecule has 1 fully saturated rings. The van der Waals surface area contributed by atoms with Crippen molar-refractivity contribution in [2.75, 3.05) is 6.61 Å². The van der Waals surface area contributed by atoms with E-state index < -0.39 is 23.4 Å². The van der Waals surface area contributed by atoms with Crippen LogP contribution in [0.5, 0.6) is 0 Å². The first-order valence-electron chi connectivity index (χ1n) is 9.13. The van der Waals surface area contributed by atoms with Gasteiger partial charge in [0.25, 0.3) is 0 Å². The third-order valence-electron chi connectivity index (χ3n) is 4.92. The predicted molar refractivity (Wildman–Crippen MR) is 99.7 cm³/mol. The van der Waals surface area contributed by atoms with E-state index in [0.29, 0.717) is 29.1 Å². The predicted octanol–water partition coefficient (Wildman–Crippen LogP) is 4.78. The van der Waals surface area contributed by atoms with Crippen LogP contribution in [0.3, 0.4) is 0 Å². The topological polar surface area (TPSA) is 77.2 Å². The average Bonchev–Trinajstić information content (AvgIpc) is 3.16. The molecule has 0 aromatic carbocycles. The fraction of sp³-hybridized carbons (Fsp3) is 0.421. The summed E-state index contributed by atoms with van der Waals surface area (Å²) >= 11 is 0.978. The first-order chi connectivity index (χ1) is 13.7. The maximum absolute atomic E-state index is 13.4. The molecular weight excluding hydrogens is 407 g/mol. The summed E-state index contributed by atoms with van der Waals surface area (Å²) in [6.45, 7) is 2.68. The van der Waals surface area contributed by atoms with Crippen LogP contribution in [-0.2, 0) is 10.9 Å². The summed E-state index contributed by atoms with van der Waals surface area (Å²) in [6, 6.07) is 0. The highest BCUT2D eigenvalue weighted by Gasteiger charge is 2.41. The van der Waals surface area contributed by atoms with Gasteiger partial charge in [0.2, 0.25) is 5.13 Å². The summed E-state index contributed by atoms with van der Waals surface area (Å²) < 4.78 is 46.7. The van der Waals surface area contributed by atoms with Crippen LogP contribution in [0.1, 0.15) is 47.9 Å². The molecule has 2 aliphatic rings. The number of aromatic nitrogens is 3. The highest BCUT2D eigenvalue weighted by Crippen LogP contribution is 2.37. The van der Waals surface area contributed by atoms with Gasteiger partial charge in [-0.3, -0.25) is 0 Å². The maximum atomic E-state index is 13.4. The molecule has 2 aromatic heterocycles. The summed E-state index contributed by atoms with van der Waals surface area (Å²) in [4.78, 5) is 15.5. The van der Waals surface area contributed by atoms with Crippen molar-refractivity contribution in [1.29, 1.82) is 0 Å². The molecular formula is C19H18F3N3O3S. The summed E-state index contributed by atoms with van der Waals surface area (Å²) in [5.74, 6) is -0.191. The Bertz CT molecular complexity index is 1000. The number of thiazole rings is 1. The van der Waals surface area contributed by atoms with Gasteiger partial charge in [-0.2, -0.15) is 18.3 Å². The minimum absolute atomic E-state index is 0.0390. The fourth-order valence-electron chi connectivity index (χ4n) is 3.12. The number of allylic oxidation sites excluding steroid dienone is 3. The van der Waals surface area contributed by atoms with Crippen molar-refractivity contribution < 1.29 is 27.8 Å². The zero-order valence-electron chi connectivity index (χ0n) is 15.4. The molecule has 1 atom stereocenters. The molecule has 154 valence electrons. The van der Waals surface area contributed by atoms with Crippen molar-refractivity contribution in [1.82, 2.24) is 14.8 Å². The average molecular weight is 425 g/mol. The van der Waals surface area contributed by atoms with Crippen molar-refractivity contribution >= 4 is 22.9 Å². The monoisotopic (exact) mass is 425 g/mol. The highest BCUT2D eigenvalue weighted by molar-refractivity contribution is 7.12. The van der Waals surface area contributed by atoms with Crippen molar-refractivity contribution in [3.63, 3.8) is 0 Å². The van der Waals surface area contributed by atoms with Gasteiger partial charge in [-0.1, -0.05) is 6.92 Å². The molecule has 0 bridgehead atoms. The van der Waals surface area contributed by atoms with Gasteiger partial charge in [0.05, 0.1) is 18.5 Å². The van der Waals surface area contributed by atoms with E-state index in [-0.39, 0.29) is 11.0 Å². The Morgan fingerprint density at radius 3 is 2.83 bits per heavy atom. The van der Waals surface area contributed by atoms with Gasteiger partial charge in [-0.25, -0.2) is 14.5 Å². The quantitative estimate of drug-likeness (QED) is 0.721. The van der Waals surface area contributed by atoms with Gasteiger partial charge < -0.3 is 9.84 Å². The Labute approximate surface area is 168 Å². The number of rotatable bonds is 6. The van der Waals surface area contributed by atoms with Crippen LogP contribution < -0.4 is 0 Å². The Balaban J connectivity index is 1.65. The van der Waals surface area contributed by atoms with E-state index in [1.54, 1.807) is 5.38 Å². The molecule has 1 unspecified atom stereocenters. The smallest absolute Gasteiger partial charge is 0.434 e. The number of hydrogen-bond donors (Lipinski definition) is 1. The van der Waals surface area contributed by atoms with Crippen LogP contribution in [-0.4, -0.2) is 32.4 Å². The molecule has 6 nitrogen and oxygen atoms in total. The van der Waals surface area contributed by atoms with Crippen LogP contribution in [0, 0.1) is 11.8 Å². The van der Waals surface area contributed by atoms with E-state index in [1.165, 1.54) is 12.8 Å². The zero-order chi connectivity index (χ0) is 20.8. The number of nitrogens with zero attached hydrogens (tertiary/aromatic N) is 3. The molecule has 0 radical (unpaired) electrons. The molecule has 1 saturated carbocycles. The second-order valence-electron chi connectivity index (χ2n) is 7.23. The summed E-state index contributed by atoms with van der Waals surface area (Å²) in [7, 11) is 0. The van der Waals surface area contributed by atoms with Crippen LogP contribution >= 0.6 is 11.3 Å². The lowest BCUT2D eigenvalue weighted by Gasteiger charge is -2.19. The Morgan fingerprint density at radius 1 is 1.41 bits per heavy atom. The van der Waals surface area contributed by atoms with Crippen LogP contribution in [0.25, 0.3) is 10.7 Å². The van der Waals surface area contributed by atoms with Crippen LogP contribution in [0.15, 0.2) is 29.5 Å². The Kier molecular flexibility index (Phi) is 4.97. The van der Waals surface area contributed by atoms with E-state index in [9.17, 15) is 18.0 Å². The number of carboxylic acid groups (broad SMARTS) is 1. The number of aromatic carboxylic acids is 1. The summed E-state index contributed by atoms with van der Waals surface area (Å²) in [6.07, 6.45) is 2.82. The van der Waals surface area contributed by atoms with Crippen molar-refractivity contribution in [2.24, 2.45) is 11.8 Å². The summed E-state index contributed by atoms with van der Waals surface area (Å²) in [5.41, 5.74) is -0.832. The molecule has 2 aliphatic carbocycles. The van der Waals surface area contributed by atoms with Gasteiger partial charge in [-0.05, 0) is 48.8 Å². The van der Waals surface area contributed by atoms with Gasteiger partial charge in [0, 0.05) is 5.38 Å². The van der Waals surface area contributed by atoms with E-state index in [2.05, 4.69) is 10.1 Å². The first-order valence-corrected chi connectivity index (χ1v) is 10.0. The number of carboxylic acids is 1. The standard InChI is InChI=1S/C19H18F3N3O3S/c1-10-2-5-12(28-8-11-3-4-11)6-13(10)15-9-29-18(24-15)25-16(19(20,21)22)14(7-23-25)17(26)27/h5-7,9-11H,2-4,8H2,1H3,(H,26,27). The normalized spacial score (nSPS) is 19.7. The third-order valence-corrected chi connectivity index (χ3v) is 5.74. The third kappa shape index (κ3) is 4.07. The van der Waals surface area contributed by atoms with Crippen molar-refractivity contribution in [3.05, 3.63) is 46.4 Å². The Hall–Kier alpha value is -2.62. The molecule has 0 amide bonds. The molecule has 1 N–H and O–H groups in total. The van der Waals surface area contributed by atoms with E-state index in [1.807, 2.05) is 19.1 Å². The first kappa shape index (κ1) is 19.7. The van der Waals surface area contributed by atoms with E-state index in [0.717, 1.165) is 29.1 Å².